The number of amides is 1. The average Bonchev–Trinajstić information content (AvgIpc) is 3.02. The maximum atomic E-state index is 11.8. The second-order valence-electron chi connectivity index (χ2n) is 4.78. The summed E-state index contributed by atoms with van der Waals surface area (Å²) in [6.45, 7) is 1.81. The minimum Gasteiger partial charge on any atom is -0.493 e. The standard InChI is InChI=1S/C15H19N3O4/c1-10(8-19)16-15(20)12-7-11(17-18-12)9-22-14-6-4-3-5-13(14)21-2/h3-7,10,19H,8-9H2,1-2H3,(H,16,20)(H,17,18). The van der Waals surface area contributed by atoms with Crippen LogP contribution in [0.1, 0.15) is 23.1 Å². The lowest BCUT2D eigenvalue weighted by Gasteiger charge is -2.09. The number of aromatic amines is 1. The summed E-state index contributed by atoms with van der Waals surface area (Å²) in [6.07, 6.45) is 0. The van der Waals surface area contributed by atoms with Crippen LogP contribution in [0.15, 0.2) is 30.3 Å². The maximum Gasteiger partial charge on any atom is 0.272 e. The number of H-pyrrole nitrogens is 1. The summed E-state index contributed by atoms with van der Waals surface area (Å²) in [7, 11) is 1.57. The number of aliphatic hydroxyl groups is 1. The summed E-state index contributed by atoms with van der Waals surface area (Å²) in [5.41, 5.74) is 0.909. The van der Waals surface area contributed by atoms with Crippen LogP contribution in [-0.4, -0.2) is 41.0 Å². The van der Waals surface area contributed by atoms with Gasteiger partial charge in [-0.25, -0.2) is 0 Å². The molecule has 7 nitrogen and oxygen atoms in total. The van der Waals surface area contributed by atoms with Gasteiger partial charge in [-0.15, -0.1) is 0 Å². The highest BCUT2D eigenvalue weighted by Gasteiger charge is 2.13. The van der Waals surface area contributed by atoms with Crippen molar-refractivity contribution >= 4 is 5.91 Å². The van der Waals surface area contributed by atoms with Crippen LogP contribution in [0.5, 0.6) is 11.5 Å². The third-order valence-corrected chi connectivity index (χ3v) is 2.97. The number of hydrogen-bond acceptors (Lipinski definition) is 5. The molecule has 0 aliphatic rings. The molecular weight excluding hydrogens is 286 g/mol. The van der Waals surface area contributed by atoms with Crippen LogP contribution < -0.4 is 14.8 Å². The smallest absolute Gasteiger partial charge is 0.272 e. The van der Waals surface area contributed by atoms with Gasteiger partial charge in [0.2, 0.25) is 0 Å². The highest BCUT2D eigenvalue weighted by Crippen LogP contribution is 2.26. The van der Waals surface area contributed by atoms with Gasteiger partial charge in [0.05, 0.1) is 19.4 Å². The third-order valence-electron chi connectivity index (χ3n) is 2.97. The Labute approximate surface area is 128 Å². The van der Waals surface area contributed by atoms with E-state index in [9.17, 15) is 4.79 Å². The van der Waals surface area contributed by atoms with Gasteiger partial charge in [0, 0.05) is 6.04 Å². The predicted octanol–water partition coefficient (Wildman–Crippen LogP) is 1.11. The quantitative estimate of drug-likeness (QED) is 0.712. The van der Waals surface area contributed by atoms with E-state index in [0.29, 0.717) is 17.2 Å². The van der Waals surface area contributed by atoms with E-state index in [1.807, 2.05) is 12.1 Å². The van der Waals surface area contributed by atoms with Crippen LogP contribution in [0.3, 0.4) is 0 Å². The van der Waals surface area contributed by atoms with Crippen LogP contribution >= 0.6 is 0 Å². The summed E-state index contributed by atoms with van der Waals surface area (Å²) in [5.74, 6) is 0.901. The van der Waals surface area contributed by atoms with Gasteiger partial charge in [0.15, 0.2) is 11.5 Å². The molecule has 1 aromatic carbocycles. The monoisotopic (exact) mass is 305 g/mol. The largest absolute Gasteiger partial charge is 0.493 e. The molecule has 3 N–H and O–H groups in total. The highest BCUT2D eigenvalue weighted by molar-refractivity contribution is 5.92. The maximum absolute atomic E-state index is 11.8. The van der Waals surface area contributed by atoms with Crippen molar-refractivity contribution in [3.05, 3.63) is 41.7 Å². The lowest BCUT2D eigenvalue weighted by atomic mass is 10.3. The summed E-state index contributed by atoms with van der Waals surface area (Å²) < 4.78 is 10.8. The number of carbonyl (C=O) groups is 1. The van der Waals surface area contributed by atoms with Gasteiger partial charge >= 0.3 is 0 Å². The van der Waals surface area contributed by atoms with E-state index < -0.39 is 0 Å². The van der Waals surface area contributed by atoms with Gasteiger partial charge in [-0.3, -0.25) is 9.89 Å². The SMILES string of the molecule is COc1ccccc1OCc1cc(C(=O)NC(C)CO)n[nH]1. The van der Waals surface area contributed by atoms with E-state index in [1.54, 1.807) is 32.2 Å². The fourth-order valence-electron chi connectivity index (χ4n) is 1.79. The number of ether oxygens (including phenoxy) is 2. The lowest BCUT2D eigenvalue weighted by Crippen LogP contribution is -2.35. The van der Waals surface area contributed by atoms with Crippen molar-refractivity contribution in [2.45, 2.75) is 19.6 Å². The van der Waals surface area contributed by atoms with Gasteiger partial charge < -0.3 is 19.9 Å². The number of rotatable bonds is 7. The molecule has 0 spiro atoms. The molecule has 22 heavy (non-hydrogen) atoms. The second-order valence-corrected chi connectivity index (χ2v) is 4.78. The molecule has 1 amide bonds. The molecule has 0 bridgehead atoms. The van der Waals surface area contributed by atoms with Gasteiger partial charge in [-0.05, 0) is 25.1 Å². The van der Waals surface area contributed by atoms with Crippen molar-refractivity contribution in [3.8, 4) is 11.5 Å². The van der Waals surface area contributed by atoms with E-state index in [4.69, 9.17) is 14.6 Å². The Hall–Kier alpha value is -2.54. The molecule has 0 saturated carbocycles. The summed E-state index contributed by atoms with van der Waals surface area (Å²) in [4.78, 5) is 11.8. The number of para-hydroxylation sites is 2. The molecule has 118 valence electrons. The molecule has 1 aromatic heterocycles. The Morgan fingerprint density at radius 1 is 1.41 bits per heavy atom. The Kier molecular flexibility index (Phi) is 5.37. The number of aliphatic hydroxyl groups excluding tert-OH is 1. The molecule has 2 aromatic rings. The number of carbonyl (C=O) groups excluding carboxylic acids is 1. The molecule has 0 aliphatic heterocycles. The van der Waals surface area contributed by atoms with Crippen LogP contribution in [0, 0.1) is 0 Å². The normalized spacial score (nSPS) is 11.8. The first kappa shape index (κ1) is 15.8. The number of hydrogen-bond donors (Lipinski definition) is 3. The number of nitrogens with one attached hydrogen (secondary N) is 2. The number of benzene rings is 1. The molecule has 0 aliphatic carbocycles. The molecule has 0 saturated heterocycles. The number of aromatic nitrogens is 2. The molecule has 0 radical (unpaired) electrons. The third kappa shape index (κ3) is 3.98. The number of methoxy groups -OCH3 is 1. The molecule has 0 fully saturated rings. The minimum absolute atomic E-state index is 0.125. The first-order valence-electron chi connectivity index (χ1n) is 6.86. The predicted molar refractivity (Wildman–Crippen MR) is 79.9 cm³/mol. The van der Waals surface area contributed by atoms with E-state index in [-0.39, 0.29) is 30.9 Å². The Morgan fingerprint density at radius 3 is 2.82 bits per heavy atom. The summed E-state index contributed by atoms with van der Waals surface area (Å²) in [5, 5.41) is 18.2. The molecule has 1 atom stereocenters. The zero-order valence-electron chi connectivity index (χ0n) is 12.5. The number of nitrogens with zero attached hydrogens (tertiary/aromatic N) is 1. The van der Waals surface area contributed by atoms with Gasteiger partial charge in [0.25, 0.3) is 5.91 Å². The summed E-state index contributed by atoms with van der Waals surface area (Å²) in [6, 6.07) is 8.59. The second kappa shape index (κ2) is 7.46. The zero-order valence-corrected chi connectivity index (χ0v) is 12.5. The molecule has 1 unspecified atom stereocenters. The van der Waals surface area contributed by atoms with Crippen LogP contribution in [-0.2, 0) is 6.61 Å². The fourth-order valence-corrected chi connectivity index (χ4v) is 1.79. The Bertz CT molecular complexity index is 627. The lowest BCUT2D eigenvalue weighted by molar-refractivity contribution is 0.0917. The van der Waals surface area contributed by atoms with Crippen molar-refractivity contribution in [1.82, 2.24) is 15.5 Å². The van der Waals surface area contributed by atoms with E-state index >= 15 is 0 Å². The summed E-state index contributed by atoms with van der Waals surface area (Å²) >= 11 is 0. The first-order chi connectivity index (χ1) is 10.6. The molecular formula is C15H19N3O4. The van der Waals surface area contributed by atoms with Gasteiger partial charge in [0.1, 0.15) is 12.3 Å². The van der Waals surface area contributed by atoms with Crippen LogP contribution in [0.2, 0.25) is 0 Å². The highest BCUT2D eigenvalue weighted by atomic mass is 16.5. The fraction of sp³-hybridized carbons (Fsp3) is 0.333. The van der Waals surface area contributed by atoms with Gasteiger partial charge in [-0.2, -0.15) is 5.10 Å². The molecule has 2 rings (SSSR count). The Balaban J connectivity index is 1.96. The van der Waals surface area contributed by atoms with Crippen LogP contribution in [0.4, 0.5) is 0 Å². The Morgan fingerprint density at radius 2 is 2.14 bits per heavy atom. The van der Waals surface area contributed by atoms with E-state index in [0.717, 1.165) is 0 Å². The van der Waals surface area contributed by atoms with Crippen LogP contribution in [0.25, 0.3) is 0 Å². The van der Waals surface area contributed by atoms with Crippen molar-refractivity contribution in [2.24, 2.45) is 0 Å². The van der Waals surface area contributed by atoms with Crippen molar-refractivity contribution < 1.29 is 19.4 Å². The van der Waals surface area contributed by atoms with Crippen molar-refractivity contribution in [3.63, 3.8) is 0 Å². The first-order valence-corrected chi connectivity index (χ1v) is 6.86. The van der Waals surface area contributed by atoms with Crippen molar-refractivity contribution in [1.29, 1.82) is 0 Å². The topological polar surface area (TPSA) is 96.5 Å². The van der Waals surface area contributed by atoms with Gasteiger partial charge in [-0.1, -0.05) is 12.1 Å². The molecule has 7 heteroatoms. The minimum atomic E-state index is -0.346. The molecule has 1 heterocycles. The van der Waals surface area contributed by atoms with E-state index in [2.05, 4.69) is 15.5 Å². The average molecular weight is 305 g/mol. The van der Waals surface area contributed by atoms with Crippen molar-refractivity contribution in [2.75, 3.05) is 13.7 Å². The van der Waals surface area contributed by atoms with E-state index in [1.165, 1.54) is 0 Å². The zero-order chi connectivity index (χ0) is 15.9.